The van der Waals surface area contributed by atoms with Gasteiger partial charge in [-0.25, -0.2) is 4.98 Å². The Bertz CT molecular complexity index is 267. The smallest absolute Gasteiger partial charge is 0.169 e. The van der Waals surface area contributed by atoms with Gasteiger partial charge in [-0.15, -0.1) is 0 Å². The summed E-state index contributed by atoms with van der Waals surface area (Å²) < 4.78 is 0.887. The molecule has 1 N–H and O–H groups in total. The van der Waals surface area contributed by atoms with Crippen molar-refractivity contribution in [1.82, 2.24) is 9.97 Å². The van der Waals surface area contributed by atoms with Crippen LogP contribution in [0.4, 0.5) is 0 Å². The highest BCUT2D eigenvalue weighted by molar-refractivity contribution is 14.1. The highest BCUT2D eigenvalue weighted by Gasteiger charge is 1.89. The number of hydrogen-bond acceptors (Lipinski definition) is 1. The molecule has 0 aliphatic carbocycles. The number of aromatic amines is 1. The number of aromatic nitrogens is 2. The van der Waals surface area contributed by atoms with Crippen molar-refractivity contribution in [3.05, 3.63) is 15.7 Å². The van der Waals surface area contributed by atoms with Crippen LogP contribution in [0.1, 0.15) is 19.0 Å². The number of nitrogens with one attached hydrogen (secondary N) is 1. The van der Waals surface area contributed by atoms with Crippen molar-refractivity contribution < 1.29 is 0 Å². The predicted octanol–water partition coefficient (Wildman–Crippen LogP) is 1.78. The molecule has 0 unspecified atom stereocenters. The highest BCUT2D eigenvalue weighted by Crippen LogP contribution is 1.97. The number of rotatable bonds is 0. The zero-order chi connectivity index (χ0) is 7.40. The standard InChI is InChI=1S/C7H7IN2/c1-2-3-4-6-5-9-7(8)10-6/h5H,2H2,1H3,(H,9,10). The summed E-state index contributed by atoms with van der Waals surface area (Å²) in [5.41, 5.74) is 0.895. The fraction of sp³-hybridized carbons (Fsp3) is 0.286. The second-order valence-corrected chi connectivity index (χ2v) is 2.76. The maximum absolute atomic E-state index is 4.00. The van der Waals surface area contributed by atoms with Crippen molar-refractivity contribution in [2.45, 2.75) is 13.3 Å². The summed E-state index contributed by atoms with van der Waals surface area (Å²) in [6.45, 7) is 2.02. The monoisotopic (exact) mass is 246 g/mol. The molecule has 2 nitrogen and oxygen atoms in total. The van der Waals surface area contributed by atoms with Crippen LogP contribution in [0.15, 0.2) is 6.20 Å². The second-order valence-electron chi connectivity index (χ2n) is 1.74. The van der Waals surface area contributed by atoms with Crippen molar-refractivity contribution in [2.75, 3.05) is 0 Å². The predicted molar refractivity (Wildman–Crippen MR) is 48.5 cm³/mol. The van der Waals surface area contributed by atoms with Gasteiger partial charge in [0.25, 0.3) is 0 Å². The van der Waals surface area contributed by atoms with E-state index in [9.17, 15) is 0 Å². The van der Waals surface area contributed by atoms with Gasteiger partial charge in [-0.3, -0.25) is 0 Å². The molecular weight excluding hydrogens is 239 g/mol. The molecule has 0 aliphatic rings. The first-order chi connectivity index (χ1) is 4.83. The quantitative estimate of drug-likeness (QED) is 0.548. The van der Waals surface area contributed by atoms with E-state index >= 15 is 0 Å². The molecule has 10 heavy (non-hydrogen) atoms. The molecule has 1 aromatic heterocycles. The molecule has 0 amide bonds. The normalized spacial score (nSPS) is 8.60. The van der Waals surface area contributed by atoms with Crippen molar-refractivity contribution in [3.8, 4) is 11.8 Å². The lowest BCUT2D eigenvalue weighted by Crippen LogP contribution is -1.72. The van der Waals surface area contributed by atoms with E-state index in [1.165, 1.54) is 0 Å². The van der Waals surface area contributed by atoms with E-state index in [4.69, 9.17) is 0 Å². The molecule has 1 heterocycles. The Balaban J connectivity index is 2.76. The number of hydrogen-bond donors (Lipinski definition) is 1. The van der Waals surface area contributed by atoms with Crippen LogP contribution in [-0.4, -0.2) is 9.97 Å². The average Bonchev–Trinajstić information content (AvgIpc) is 2.31. The molecule has 1 aromatic rings. The number of nitrogens with zero attached hydrogens (tertiary/aromatic N) is 1. The van der Waals surface area contributed by atoms with Gasteiger partial charge in [-0.2, -0.15) is 0 Å². The molecule has 3 heteroatoms. The third-order valence-corrected chi connectivity index (χ3v) is 1.49. The van der Waals surface area contributed by atoms with Gasteiger partial charge in [-0.05, 0) is 28.5 Å². The fourth-order valence-corrected chi connectivity index (χ4v) is 0.974. The molecule has 0 aromatic carbocycles. The topological polar surface area (TPSA) is 28.7 Å². The van der Waals surface area contributed by atoms with Crippen LogP contribution in [0.3, 0.4) is 0 Å². The van der Waals surface area contributed by atoms with Crippen molar-refractivity contribution >= 4 is 22.6 Å². The summed E-state index contributed by atoms with van der Waals surface area (Å²) in [6.07, 6.45) is 2.63. The van der Waals surface area contributed by atoms with Crippen LogP contribution in [0, 0.1) is 15.7 Å². The molecule has 52 valence electrons. The summed E-state index contributed by atoms with van der Waals surface area (Å²) >= 11 is 2.12. The molecule has 0 saturated heterocycles. The summed E-state index contributed by atoms with van der Waals surface area (Å²) in [7, 11) is 0. The molecule has 0 spiro atoms. The Labute approximate surface area is 73.6 Å². The van der Waals surface area contributed by atoms with Gasteiger partial charge in [0.1, 0.15) is 5.69 Å². The maximum atomic E-state index is 4.00. The number of H-pyrrole nitrogens is 1. The SMILES string of the molecule is CCC#Cc1cnc(I)[nH]1. The summed E-state index contributed by atoms with van der Waals surface area (Å²) in [4.78, 5) is 7.01. The molecule has 0 aliphatic heterocycles. The van der Waals surface area contributed by atoms with E-state index < -0.39 is 0 Å². The number of halogens is 1. The van der Waals surface area contributed by atoms with Crippen molar-refractivity contribution in [2.24, 2.45) is 0 Å². The summed E-state index contributed by atoms with van der Waals surface area (Å²) in [5.74, 6) is 5.90. The largest absolute Gasteiger partial charge is 0.327 e. The Kier molecular flexibility index (Phi) is 2.75. The van der Waals surface area contributed by atoms with Crippen molar-refractivity contribution in [1.29, 1.82) is 0 Å². The molecule has 0 bridgehead atoms. The number of imidazole rings is 1. The highest BCUT2D eigenvalue weighted by atomic mass is 127. The Morgan fingerprint density at radius 3 is 3.10 bits per heavy atom. The van der Waals surface area contributed by atoms with E-state index in [0.717, 1.165) is 15.9 Å². The fourth-order valence-electron chi connectivity index (χ4n) is 0.544. The van der Waals surface area contributed by atoms with Crippen LogP contribution >= 0.6 is 22.6 Å². The maximum Gasteiger partial charge on any atom is 0.169 e. The van der Waals surface area contributed by atoms with Gasteiger partial charge in [0.05, 0.1) is 6.20 Å². The molecule has 0 saturated carbocycles. The molecule has 0 atom stereocenters. The molecule has 1 rings (SSSR count). The van der Waals surface area contributed by atoms with Crippen molar-refractivity contribution in [3.63, 3.8) is 0 Å². The molecule has 0 fully saturated rings. The van der Waals surface area contributed by atoms with Crippen LogP contribution < -0.4 is 0 Å². The van der Waals surface area contributed by atoms with Gasteiger partial charge in [-0.1, -0.05) is 12.8 Å². The Morgan fingerprint density at radius 1 is 1.80 bits per heavy atom. The minimum atomic E-state index is 0.885. The lowest BCUT2D eigenvalue weighted by atomic mass is 10.4. The first kappa shape index (κ1) is 7.61. The first-order valence-corrected chi connectivity index (χ1v) is 4.10. The second kappa shape index (κ2) is 3.62. The van der Waals surface area contributed by atoms with Gasteiger partial charge in [0, 0.05) is 6.42 Å². The van der Waals surface area contributed by atoms with Crippen LogP contribution in [0.2, 0.25) is 0 Å². The van der Waals surface area contributed by atoms with Crippen LogP contribution in [0.25, 0.3) is 0 Å². The third-order valence-electron chi connectivity index (χ3n) is 0.945. The minimum absolute atomic E-state index is 0.885. The Morgan fingerprint density at radius 2 is 2.60 bits per heavy atom. The first-order valence-electron chi connectivity index (χ1n) is 3.02. The zero-order valence-corrected chi connectivity index (χ0v) is 7.77. The van der Waals surface area contributed by atoms with E-state index in [1.807, 2.05) is 6.92 Å². The van der Waals surface area contributed by atoms with E-state index in [0.29, 0.717) is 0 Å². The average molecular weight is 246 g/mol. The summed E-state index contributed by atoms with van der Waals surface area (Å²) in [5, 5.41) is 0. The van der Waals surface area contributed by atoms with E-state index in [-0.39, 0.29) is 0 Å². The lowest BCUT2D eigenvalue weighted by Gasteiger charge is -1.75. The Hall–Kier alpha value is -0.500. The van der Waals surface area contributed by atoms with Gasteiger partial charge < -0.3 is 4.98 Å². The summed E-state index contributed by atoms with van der Waals surface area (Å²) in [6, 6.07) is 0. The van der Waals surface area contributed by atoms with Gasteiger partial charge in [0.2, 0.25) is 0 Å². The third kappa shape index (κ3) is 2.03. The van der Waals surface area contributed by atoms with Gasteiger partial charge >= 0.3 is 0 Å². The molecule has 0 radical (unpaired) electrons. The minimum Gasteiger partial charge on any atom is -0.327 e. The van der Waals surface area contributed by atoms with Crippen LogP contribution in [-0.2, 0) is 0 Å². The van der Waals surface area contributed by atoms with Gasteiger partial charge in [0.15, 0.2) is 3.83 Å². The van der Waals surface area contributed by atoms with E-state index in [2.05, 4.69) is 44.4 Å². The van der Waals surface area contributed by atoms with Crippen LogP contribution in [0.5, 0.6) is 0 Å². The lowest BCUT2D eigenvalue weighted by molar-refractivity contribution is 1.22. The molecular formula is C7H7IN2. The van der Waals surface area contributed by atoms with E-state index in [1.54, 1.807) is 6.20 Å². The zero-order valence-electron chi connectivity index (χ0n) is 5.61.